The normalized spacial score (nSPS) is 10.3. The third kappa shape index (κ3) is 3.34. The zero-order chi connectivity index (χ0) is 15.4. The molecule has 2 aromatic carbocycles. The summed E-state index contributed by atoms with van der Waals surface area (Å²) in [5.74, 6) is 0.122. The predicted molar refractivity (Wildman–Crippen MR) is 79.0 cm³/mol. The second-order valence-corrected chi connectivity index (χ2v) is 4.80. The fraction of sp³-hybridized carbons (Fsp3) is 0.188. The molecule has 0 aliphatic heterocycles. The van der Waals surface area contributed by atoms with Gasteiger partial charge in [0.1, 0.15) is 5.82 Å². The van der Waals surface area contributed by atoms with Gasteiger partial charge in [-0.1, -0.05) is 23.7 Å². The molecule has 0 heterocycles. The summed E-state index contributed by atoms with van der Waals surface area (Å²) in [7, 11) is 2.97. The van der Waals surface area contributed by atoms with Gasteiger partial charge in [0.2, 0.25) is 0 Å². The quantitative estimate of drug-likeness (QED) is 0.785. The number of ether oxygens (including phenoxy) is 2. The van der Waals surface area contributed by atoms with Gasteiger partial charge in [-0.3, -0.25) is 4.79 Å². The van der Waals surface area contributed by atoms with Crippen LogP contribution in [0.25, 0.3) is 0 Å². The van der Waals surface area contributed by atoms with E-state index in [0.717, 1.165) is 0 Å². The number of ketones is 1. The van der Waals surface area contributed by atoms with E-state index in [9.17, 15) is 9.18 Å². The Balaban J connectivity index is 2.30. The van der Waals surface area contributed by atoms with E-state index < -0.39 is 5.82 Å². The zero-order valence-corrected chi connectivity index (χ0v) is 12.4. The largest absolute Gasteiger partial charge is 0.493 e. The Morgan fingerprint density at radius 2 is 1.95 bits per heavy atom. The van der Waals surface area contributed by atoms with Crippen molar-refractivity contribution in [1.82, 2.24) is 0 Å². The highest BCUT2D eigenvalue weighted by atomic mass is 35.5. The summed E-state index contributed by atoms with van der Waals surface area (Å²) in [6.07, 6.45) is 0.0532. The number of para-hydroxylation sites is 1. The monoisotopic (exact) mass is 308 g/mol. The van der Waals surface area contributed by atoms with Gasteiger partial charge in [-0.25, -0.2) is 4.39 Å². The highest BCUT2D eigenvalue weighted by Crippen LogP contribution is 2.31. The predicted octanol–water partition coefficient (Wildman–Crippen LogP) is 3.92. The molecular weight excluding hydrogens is 295 g/mol. The van der Waals surface area contributed by atoms with Crippen LogP contribution in [0.4, 0.5) is 4.39 Å². The summed E-state index contributed by atoms with van der Waals surface area (Å²) in [5.41, 5.74) is 0.944. The first kappa shape index (κ1) is 15.3. The molecule has 0 unspecified atom stereocenters. The molecule has 0 fully saturated rings. The van der Waals surface area contributed by atoms with Crippen molar-refractivity contribution in [2.45, 2.75) is 6.42 Å². The Bertz CT molecular complexity index is 671. The van der Waals surface area contributed by atoms with Gasteiger partial charge in [0.15, 0.2) is 17.3 Å². The first-order valence-corrected chi connectivity index (χ1v) is 6.62. The molecule has 0 atom stereocenters. The van der Waals surface area contributed by atoms with Crippen LogP contribution in [-0.2, 0) is 6.42 Å². The maximum absolute atomic E-state index is 13.4. The second-order valence-electron chi connectivity index (χ2n) is 4.39. The fourth-order valence-corrected chi connectivity index (χ4v) is 2.15. The lowest BCUT2D eigenvalue weighted by Gasteiger charge is -2.11. The molecule has 0 aliphatic rings. The summed E-state index contributed by atoms with van der Waals surface area (Å²) >= 11 is 5.62. The lowest BCUT2D eigenvalue weighted by molar-refractivity contribution is 0.0989. The van der Waals surface area contributed by atoms with E-state index in [0.29, 0.717) is 22.6 Å². The number of carbonyl (C=O) groups is 1. The van der Waals surface area contributed by atoms with Crippen LogP contribution in [0.5, 0.6) is 11.5 Å². The highest BCUT2D eigenvalue weighted by Gasteiger charge is 2.17. The summed E-state index contributed by atoms with van der Waals surface area (Å²) in [6.45, 7) is 0. The number of rotatable bonds is 5. The molecule has 21 heavy (non-hydrogen) atoms. The van der Waals surface area contributed by atoms with Crippen LogP contribution in [0.3, 0.4) is 0 Å². The Labute approximate surface area is 127 Å². The Kier molecular flexibility index (Phi) is 4.81. The van der Waals surface area contributed by atoms with Crippen molar-refractivity contribution in [2.75, 3.05) is 14.2 Å². The van der Waals surface area contributed by atoms with Gasteiger partial charge in [0, 0.05) is 6.42 Å². The average molecular weight is 309 g/mol. The van der Waals surface area contributed by atoms with E-state index in [4.69, 9.17) is 21.1 Å². The van der Waals surface area contributed by atoms with Crippen LogP contribution in [0.2, 0.25) is 5.02 Å². The van der Waals surface area contributed by atoms with E-state index >= 15 is 0 Å². The van der Waals surface area contributed by atoms with Crippen molar-refractivity contribution in [1.29, 1.82) is 0 Å². The highest BCUT2D eigenvalue weighted by molar-refractivity contribution is 6.30. The van der Waals surface area contributed by atoms with Crippen LogP contribution in [0, 0.1) is 5.82 Å². The van der Waals surface area contributed by atoms with Crippen molar-refractivity contribution >= 4 is 17.4 Å². The first-order chi connectivity index (χ1) is 10.1. The topological polar surface area (TPSA) is 35.5 Å². The van der Waals surface area contributed by atoms with E-state index in [-0.39, 0.29) is 17.2 Å². The van der Waals surface area contributed by atoms with Gasteiger partial charge in [0.25, 0.3) is 0 Å². The molecular formula is C16H14ClFO3. The Morgan fingerprint density at radius 1 is 1.19 bits per heavy atom. The van der Waals surface area contributed by atoms with Crippen molar-refractivity contribution in [3.63, 3.8) is 0 Å². The molecule has 110 valence electrons. The standard InChI is InChI=1S/C16H14ClFO3/c1-20-15-5-3-4-11(16(15)21-2)14(19)9-10-6-7-12(17)13(18)8-10/h3-8H,9H2,1-2H3. The summed E-state index contributed by atoms with van der Waals surface area (Å²) < 4.78 is 23.8. The average Bonchev–Trinajstić information content (AvgIpc) is 2.49. The van der Waals surface area contributed by atoms with Crippen molar-refractivity contribution in [3.05, 3.63) is 58.4 Å². The molecule has 0 radical (unpaired) electrons. The Morgan fingerprint density at radius 3 is 2.57 bits per heavy atom. The van der Waals surface area contributed by atoms with Gasteiger partial charge in [-0.05, 0) is 29.8 Å². The molecule has 0 N–H and O–H groups in total. The van der Waals surface area contributed by atoms with Crippen LogP contribution < -0.4 is 9.47 Å². The molecule has 0 bridgehead atoms. The molecule has 3 nitrogen and oxygen atoms in total. The number of Topliss-reactive ketones (excluding diaryl/α,β-unsaturated/α-hetero) is 1. The van der Waals surface area contributed by atoms with Gasteiger partial charge in [-0.2, -0.15) is 0 Å². The smallest absolute Gasteiger partial charge is 0.171 e. The van der Waals surface area contributed by atoms with Gasteiger partial charge < -0.3 is 9.47 Å². The molecule has 0 saturated carbocycles. The fourth-order valence-electron chi connectivity index (χ4n) is 2.04. The summed E-state index contributed by atoms with van der Waals surface area (Å²) in [4.78, 5) is 12.4. The number of carbonyl (C=O) groups excluding carboxylic acids is 1. The lowest BCUT2D eigenvalue weighted by atomic mass is 10.0. The maximum Gasteiger partial charge on any atom is 0.171 e. The number of hydrogen-bond acceptors (Lipinski definition) is 3. The summed E-state index contributed by atoms with van der Waals surface area (Å²) in [5, 5.41) is 0.0326. The molecule has 0 amide bonds. The van der Waals surface area contributed by atoms with E-state index in [1.165, 1.54) is 26.4 Å². The maximum atomic E-state index is 13.4. The minimum Gasteiger partial charge on any atom is -0.493 e. The molecule has 0 spiro atoms. The minimum atomic E-state index is -0.542. The number of hydrogen-bond donors (Lipinski definition) is 0. The van der Waals surface area contributed by atoms with Crippen molar-refractivity contribution in [2.24, 2.45) is 0 Å². The molecule has 0 aliphatic carbocycles. The third-order valence-electron chi connectivity index (χ3n) is 3.05. The number of methoxy groups -OCH3 is 2. The van der Waals surface area contributed by atoms with Crippen LogP contribution >= 0.6 is 11.6 Å². The second kappa shape index (κ2) is 6.59. The third-order valence-corrected chi connectivity index (χ3v) is 3.36. The van der Waals surface area contributed by atoms with Crippen LogP contribution in [-0.4, -0.2) is 20.0 Å². The number of benzene rings is 2. The Hall–Kier alpha value is -2.07. The molecule has 0 saturated heterocycles. The number of halogens is 2. The molecule has 2 rings (SSSR count). The van der Waals surface area contributed by atoms with Gasteiger partial charge in [0.05, 0.1) is 24.8 Å². The molecule has 0 aromatic heterocycles. The first-order valence-electron chi connectivity index (χ1n) is 6.25. The van der Waals surface area contributed by atoms with Crippen molar-refractivity contribution < 1.29 is 18.7 Å². The lowest BCUT2D eigenvalue weighted by Crippen LogP contribution is -2.07. The molecule has 5 heteroatoms. The molecule has 2 aromatic rings. The van der Waals surface area contributed by atoms with E-state index in [1.807, 2.05) is 0 Å². The van der Waals surface area contributed by atoms with Crippen LogP contribution in [0.15, 0.2) is 36.4 Å². The van der Waals surface area contributed by atoms with Crippen LogP contribution in [0.1, 0.15) is 15.9 Å². The minimum absolute atomic E-state index is 0.0326. The summed E-state index contributed by atoms with van der Waals surface area (Å²) in [6, 6.07) is 9.37. The zero-order valence-electron chi connectivity index (χ0n) is 11.7. The van der Waals surface area contributed by atoms with Gasteiger partial charge in [-0.15, -0.1) is 0 Å². The SMILES string of the molecule is COc1cccc(C(=O)Cc2ccc(Cl)c(F)c2)c1OC. The van der Waals surface area contributed by atoms with Crippen molar-refractivity contribution in [3.8, 4) is 11.5 Å². The van der Waals surface area contributed by atoms with Gasteiger partial charge >= 0.3 is 0 Å². The van der Waals surface area contributed by atoms with E-state index in [1.54, 1.807) is 24.3 Å². The van der Waals surface area contributed by atoms with E-state index in [2.05, 4.69) is 0 Å².